The summed E-state index contributed by atoms with van der Waals surface area (Å²) in [7, 11) is 0. The zero-order chi connectivity index (χ0) is 15.9. The topological polar surface area (TPSA) is 45.4 Å². The van der Waals surface area contributed by atoms with Crippen LogP contribution in [-0.4, -0.2) is 36.1 Å². The third kappa shape index (κ3) is 4.23. The van der Waals surface area contributed by atoms with Crippen LogP contribution < -0.4 is 10.6 Å². The Bertz CT molecular complexity index is 593. The zero-order valence-electron chi connectivity index (χ0n) is 13.7. The zero-order valence-corrected chi connectivity index (χ0v) is 13.7. The first kappa shape index (κ1) is 15.8. The van der Waals surface area contributed by atoms with Gasteiger partial charge in [-0.15, -0.1) is 0 Å². The molecule has 1 fully saturated rings. The van der Waals surface area contributed by atoms with Crippen molar-refractivity contribution < 1.29 is 0 Å². The van der Waals surface area contributed by atoms with Crippen LogP contribution in [0.25, 0.3) is 0 Å². The summed E-state index contributed by atoms with van der Waals surface area (Å²) in [5.41, 5.74) is 8.04. The summed E-state index contributed by atoms with van der Waals surface area (Å²) in [6.07, 6.45) is 7.00. The molecule has 0 unspecified atom stereocenters. The van der Waals surface area contributed by atoms with E-state index in [-0.39, 0.29) is 0 Å². The maximum absolute atomic E-state index is 6.16. The first-order chi connectivity index (χ1) is 11.3. The number of pyridine rings is 1. The monoisotopic (exact) mass is 310 g/mol. The summed E-state index contributed by atoms with van der Waals surface area (Å²) in [6, 6.07) is 14.2. The molecule has 0 atom stereocenters. The Morgan fingerprint density at radius 2 is 1.78 bits per heavy atom. The number of para-hydroxylation sites is 1. The van der Waals surface area contributed by atoms with Gasteiger partial charge in [0, 0.05) is 18.4 Å². The summed E-state index contributed by atoms with van der Waals surface area (Å²) >= 11 is 0. The maximum Gasteiger partial charge on any atom is 0.156 e. The normalized spacial score (nSPS) is 15.5. The third-order valence-corrected chi connectivity index (χ3v) is 4.45. The summed E-state index contributed by atoms with van der Waals surface area (Å²) < 4.78 is 0. The number of piperidine rings is 1. The van der Waals surface area contributed by atoms with E-state index in [0.29, 0.717) is 0 Å². The molecule has 122 valence electrons. The van der Waals surface area contributed by atoms with Gasteiger partial charge < -0.3 is 15.5 Å². The Hall–Kier alpha value is -2.07. The molecule has 0 spiro atoms. The number of rotatable bonds is 6. The Kier molecular flexibility index (Phi) is 5.48. The van der Waals surface area contributed by atoms with Crippen molar-refractivity contribution in [3.8, 4) is 0 Å². The molecular weight excluding hydrogens is 284 g/mol. The summed E-state index contributed by atoms with van der Waals surface area (Å²) in [6.45, 7) is 4.58. The number of benzene rings is 1. The minimum absolute atomic E-state index is 0.731. The van der Waals surface area contributed by atoms with E-state index in [1.54, 1.807) is 0 Å². The quantitative estimate of drug-likeness (QED) is 0.884. The molecule has 2 heterocycles. The number of nitrogens with two attached hydrogens (primary N) is 1. The molecule has 0 bridgehead atoms. The van der Waals surface area contributed by atoms with E-state index in [4.69, 9.17) is 5.73 Å². The molecule has 0 amide bonds. The van der Waals surface area contributed by atoms with Gasteiger partial charge in [0.1, 0.15) is 0 Å². The molecule has 23 heavy (non-hydrogen) atoms. The second-order valence-corrected chi connectivity index (χ2v) is 6.16. The van der Waals surface area contributed by atoms with Gasteiger partial charge in [0.15, 0.2) is 5.82 Å². The lowest BCUT2D eigenvalue weighted by molar-refractivity contribution is 0.227. The SMILES string of the molecule is Nc1cccnc1N(CCCN1CCCCC1)c1ccccc1. The lowest BCUT2D eigenvalue weighted by Crippen LogP contribution is -2.32. The Labute approximate surface area is 138 Å². The van der Waals surface area contributed by atoms with E-state index >= 15 is 0 Å². The van der Waals surface area contributed by atoms with Crippen LogP contribution in [0.4, 0.5) is 17.2 Å². The minimum Gasteiger partial charge on any atom is -0.396 e. The summed E-state index contributed by atoms with van der Waals surface area (Å²) in [5, 5.41) is 0. The van der Waals surface area contributed by atoms with Crippen molar-refractivity contribution in [3.63, 3.8) is 0 Å². The molecule has 2 aromatic rings. The Morgan fingerprint density at radius 1 is 1.00 bits per heavy atom. The molecule has 1 aromatic carbocycles. The lowest BCUT2D eigenvalue weighted by Gasteiger charge is -2.29. The van der Waals surface area contributed by atoms with Gasteiger partial charge in [-0.3, -0.25) is 0 Å². The van der Waals surface area contributed by atoms with Gasteiger partial charge in [-0.05, 0) is 63.2 Å². The Morgan fingerprint density at radius 3 is 2.52 bits per heavy atom. The molecule has 1 aliphatic rings. The van der Waals surface area contributed by atoms with E-state index in [1.807, 2.05) is 24.4 Å². The average Bonchev–Trinajstić information content (AvgIpc) is 2.61. The van der Waals surface area contributed by atoms with E-state index in [1.165, 1.54) is 32.4 Å². The highest BCUT2D eigenvalue weighted by atomic mass is 15.2. The van der Waals surface area contributed by atoms with Crippen molar-refractivity contribution in [2.24, 2.45) is 0 Å². The van der Waals surface area contributed by atoms with E-state index < -0.39 is 0 Å². The summed E-state index contributed by atoms with van der Waals surface area (Å²) in [5.74, 6) is 0.859. The average molecular weight is 310 g/mol. The number of hydrogen-bond donors (Lipinski definition) is 1. The standard InChI is InChI=1S/C19H26N4/c20-18-11-7-12-21-19(18)23(17-9-3-1-4-10-17)16-8-15-22-13-5-2-6-14-22/h1,3-4,7,9-12H,2,5-6,8,13-16,20H2. The van der Waals surface area contributed by atoms with Crippen LogP contribution in [0, 0.1) is 0 Å². The van der Waals surface area contributed by atoms with Crippen molar-refractivity contribution in [1.29, 1.82) is 0 Å². The molecule has 0 radical (unpaired) electrons. The third-order valence-electron chi connectivity index (χ3n) is 4.45. The van der Waals surface area contributed by atoms with Gasteiger partial charge in [-0.2, -0.15) is 0 Å². The molecule has 0 aliphatic carbocycles. The van der Waals surface area contributed by atoms with Gasteiger partial charge in [0.05, 0.1) is 5.69 Å². The van der Waals surface area contributed by atoms with Gasteiger partial charge in [-0.1, -0.05) is 24.6 Å². The van der Waals surface area contributed by atoms with Crippen molar-refractivity contribution in [1.82, 2.24) is 9.88 Å². The highest BCUT2D eigenvalue weighted by Gasteiger charge is 2.15. The second-order valence-electron chi connectivity index (χ2n) is 6.16. The molecule has 2 N–H and O–H groups in total. The highest BCUT2D eigenvalue weighted by Crippen LogP contribution is 2.28. The van der Waals surface area contributed by atoms with Crippen LogP contribution in [0.2, 0.25) is 0 Å². The van der Waals surface area contributed by atoms with Crippen LogP contribution in [0.3, 0.4) is 0 Å². The van der Waals surface area contributed by atoms with Crippen molar-refractivity contribution >= 4 is 17.2 Å². The van der Waals surface area contributed by atoms with Crippen LogP contribution in [-0.2, 0) is 0 Å². The van der Waals surface area contributed by atoms with Crippen LogP contribution >= 0.6 is 0 Å². The Balaban J connectivity index is 1.69. The molecule has 4 heteroatoms. The fourth-order valence-corrected chi connectivity index (χ4v) is 3.24. The van der Waals surface area contributed by atoms with Gasteiger partial charge >= 0.3 is 0 Å². The molecule has 0 saturated carbocycles. The first-order valence-electron chi connectivity index (χ1n) is 8.60. The largest absolute Gasteiger partial charge is 0.396 e. The number of aromatic nitrogens is 1. The van der Waals surface area contributed by atoms with Gasteiger partial charge in [0.2, 0.25) is 0 Å². The van der Waals surface area contributed by atoms with Crippen LogP contribution in [0.5, 0.6) is 0 Å². The van der Waals surface area contributed by atoms with E-state index in [2.05, 4.69) is 39.0 Å². The van der Waals surface area contributed by atoms with Crippen LogP contribution in [0.1, 0.15) is 25.7 Å². The number of nitrogen functional groups attached to an aromatic ring is 1. The predicted molar refractivity (Wildman–Crippen MR) is 97.0 cm³/mol. The van der Waals surface area contributed by atoms with Gasteiger partial charge in [-0.25, -0.2) is 4.98 Å². The predicted octanol–water partition coefficient (Wildman–Crippen LogP) is 3.68. The lowest BCUT2D eigenvalue weighted by atomic mass is 10.1. The minimum atomic E-state index is 0.731. The highest BCUT2D eigenvalue weighted by molar-refractivity contribution is 5.70. The second kappa shape index (κ2) is 7.97. The van der Waals surface area contributed by atoms with E-state index in [9.17, 15) is 0 Å². The fraction of sp³-hybridized carbons (Fsp3) is 0.421. The fourth-order valence-electron chi connectivity index (χ4n) is 3.24. The van der Waals surface area contributed by atoms with Crippen LogP contribution in [0.15, 0.2) is 48.7 Å². The van der Waals surface area contributed by atoms with Crippen molar-refractivity contribution in [2.45, 2.75) is 25.7 Å². The maximum atomic E-state index is 6.16. The number of nitrogens with zero attached hydrogens (tertiary/aromatic N) is 3. The molecule has 1 aromatic heterocycles. The smallest absolute Gasteiger partial charge is 0.156 e. The summed E-state index contributed by atoms with van der Waals surface area (Å²) in [4.78, 5) is 9.32. The first-order valence-corrected chi connectivity index (χ1v) is 8.60. The molecule has 1 saturated heterocycles. The van der Waals surface area contributed by atoms with Crippen molar-refractivity contribution in [3.05, 3.63) is 48.7 Å². The molecule has 4 nitrogen and oxygen atoms in total. The molecule has 1 aliphatic heterocycles. The number of likely N-dealkylation sites (tertiary alicyclic amines) is 1. The van der Waals surface area contributed by atoms with Crippen molar-refractivity contribution in [2.75, 3.05) is 36.8 Å². The van der Waals surface area contributed by atoms with E-state index in [0.717, 1.165) is 36.7 Å². The van der Waals surface area contributed by atoms with Gasteiger partial charge in [0.25, 0.3) is 0 Å². The number of anilines is 3. The molecule has 3 rings (SSSR count). The number of hydrogen-bond acceptors (Lipinski definition) is 4. The molecular formula is C19H26N4.